The number of rotatable bonds is 3. The van der Waals surface area contributed by atoms with Gasteiger partial charge in [0.2, 0.25) is 0 Å². The van der Waals surface area contributed by atoms with Gasteiger partial charge in [-0.25, -0.2) is 4.79 Å². The predicted octanol–water partition coefficient (Wildman–Crippen LogP) is 2.94. The van der Waals surface area contributed by atoms with Crippen molar-refractivity contribution in [3.63, 3.8) is 0 Å². The van der Waals surface area contributed by atoms with E-state index < -0.39 is 11.6 Å². The molecule has 84 valence electrons. The minimum Gasteiger partial charge on any atom is -0.478 e. The van der Waals surface area contributed by atoms with Crippen molar-refractivity contribution >= 4 is 21.9 Å². The van der Waals surface area contributed by atoms with E-state index in [1.807, 2.05) is 0 Å². The first-order valence-electron chi connectivity index (χ1n) is 4.55. The molecule has 0 aromatic heterocycles. The van der Waals surface area contributed by atoms with Gasteiger partial charge in [0.25, 0.3) is 0 Å². The van der Waals surface area contributed by atoms with Crippen LogP contribution in [-0.2, 0) is 0 Å². The number of carboxylic acids is 1. The van der Waals surface area contributed by atoms with Crippen LogP contribution in [0.4, 0.5) is 0 Å². The molecular weight excluding hydrogens is 272 g/mol. The van der Waals surface area contributed by atoms with E-state index in [4.69, 9.17) is 16.3 Å². The van der Waals surface area contributed by atoms with Gasteiger partial charge >= 0.3 is 5.97 Å². The maximum Gasteiger partial charge on any atom is 0.335 e. The molecule has 16 heavy (non-hydrogen) atoms. The van der Waals surface area contributed by atoms with Crippen LogP contribution in [0.3, 0.4) is 0 Å². The summed E-state index contributed by atoms with van der Waals surface area (Å²) in [5.74, 6) is 1.89. The Balaban J connectivity index is 3.07. The molecule has 3 nitrogen and oxygen atoms in total. The molecule has 1 aromatic carbocycles. The highest BCUT2D eigenvalue weighted by molar-refractivity contribution is 9.10. The van der Waals surface area contributed by atoms with Crippen molar-refractivity contribution in [2.24, 2.45) is 0 Å². The Morgan fingerprint density at radius 1 is 1.50 bits per heavy atom. The third-order valence-corrected chi connectivity index (χ3v) is 2.30. The number of carboxylic acid groups (broad SMARTS) is 1. The lowest BCUT2D eigenvalue weighted by Crippen LogP contribution is -2.25. The minimum absolute atomic E-state index is 0.150. The molecule has 0 unspecified atom stereocenters. The van der Waals surface area contributed by atoms with E-state index in [9.17, 15) is 4.79 Å². The minimum atomic E-state index is -1.01. The highest BCUT2D eigenvalue weighted by Gasteiger charge is 2.17. The van der Waals surface area contributed by atoms with E-state index in [1.165, 1.54) is 12.1 Å². The Morgan fingerprint density at radius 3 is 2.62 bits per heavy atom. The third-order valence-electron chi connectivity index (χ3n) is 1.84. The molecule has 4 heteroatoms. The van der Waals surface area contributed by atoms with Gasteiger partial charge in [-0.3, -0.25) is 0 Å². The van der Waals surface area contributed by atoms with E-state index in [2.05, 4.69) is 21.9 Å². The number of carbonyl (C=O) groups is 1. The number of ether oxygens (including phenoxy) is 1. The molecule has 0 bridgehead atoms. The van der Waals surface area contributed by atoms with Crippen molar-refractivity contribution in [2.45, 2.75) is 19.4 Å². The van der Waals surface area contributed by atoms with Gasteiger partial charge in [-0.05, 0) is 32.0 Å². The normalized spacial score (nSPS) is 10.6. The summed E-state index contributed by atoms with van der Waals surface area (Å²) in [7, 11) is 0. The molecule has 0 heterocycles. The van der Waals surface area contributed by atoms with Gasteiger partial charge in [-0.1, -0.05) is 21.9 Å². The van der Waals surface area contributed by atoms with Crippen LogP contribution < -0.4 is 4.74 Å². The summed E-state index contributed by atoms with van der Waals surface area (Å²) in [4.78, 5) is 10.8. The van der Waals surface area contributed by atoms with E-state index in [0.717, 1.165) is 0 Å². The van der Waals surface area contributed by atoms with Crippen molar-refractivity contribution < 1.29 is 14.6 Å². The van der Waals surface area contributed by atoms with Crippen LogP contribution in [-0.4, -0.2) is 16.7 Å². The van der Waals surface area contributed by atoms with Crippen LogP contribution in [0, 0.1) is 12.3 Å². The summed E-state index contributed by atoms with van der Waals surface area (Å²) in [6, 6.07) is 4.61. The van der Waals surface area contributed by atoms with Crippen molar-refractivity contribution in [3.05, 3.63) is 28.2 Å². The summed E-state index contributed by atoms with van der Waals surface area (Å²) >= 11 is 3.22. The summed E-state index contributed by atoms with van der Waals surface area (Å²) in [6.07, 6.45) is 5.29. The summed E-state index contributed by atoms with van der Waals surface area (Å²) in [6.45, 7) is 3.46. The van der Waals surface area contributed by atoms with Crippen LogP contribution in [0.15, 0.2) is 22.7 Å². The molecule has 0 aliphatic carbocycles. The Bertz CT molecular complexity index is 458. The molecule has 0 saturated carbocycles. The van der Waals surface area contributed by atoms with Gasteiger partial charge in [-0.15, -0.1) is 6.42 Å². The fourth-order valence-electron chi connectivity index (χ4n) is 1.07. The number of aromatic carboxylic acids is 1. The van der Waals surface area contributed by atoms with Crippen molar-refractivity contribution in [1.82, 2.24) is 0 Å². The molecule has 0 aliphatic heterocycles. The first kappa shape index (κ1) is 12.6. The first-order chi connectivity index (χ1) is 7.34. The molecule has 0 aliphatic rings. The first-order valence-corrected chi connectivity index (χ1v) is 5.34. The maximum atomic E-state index is 10.8. The smallest absolute Gasteiger partial charge is 0.335 e. The van der Waals surface area contributed by atoms with Crippen molar-refractivity contribution in [2.75, 3.05) is 0 Å². The molecule has 1 N–H and O–H groups in total. The lowest BCUT2D eigenvalue weighted by molar-refractivity contribution is 0.0695. The lowest BCUT2D eigenvalue weighted by atomic mass is 10.1. The van der Waals surface area contributed by atoms with E-state index in [0.29, 0.717) is 10.2 Å². The molecular formula is C12H11BrO3. The fourth-order valence-corrected chi connectivity index (χ4v) is 1.54. The zero-order valence-corrected chi connectivity index (χ0v) is 10.5. The van der Waals surface area contributed by atoms with Crippen LogP contribution in [0.5, 0.6) is 5.75 Å². The van der Waals surface area contributed by atoms with Crippen LogP contribution >= 0.6 is 15.9 Å². The molecule has 0 amide bonds. The van der Waals surface area contributed by atoms with Gasteiger partial charge < -0.3 is 9.84 Å². The molecule has 0 saturated heterocycles. The Hall–Kier alpha value is -1.47. The average molecular weight is 283 g/mol. The van der Waals surface area contributed by atoms with Gasteiger partial charge in [0.05, 0.1) is 5.56 Å². The van der Waals surface area contributed by atoms with Crippen molar-refractivity contribution in [1.29, 1.82) is 0 Å². The van der Waals surface area contributed by atoms with E-state index >= 15 is 0 Å². The fraction of sp³-hybridized carbons (Fsp3) is 0.250. The summed E-state index contributed by atoms with van der Waals surface area (Å²) in [5.41, 5.74) is -0.617. The predicted molar refractivity (Wildman–Crippen MR) is 64.6 cm³/mol. The SMILES string of the molecule is C#CC(C)(C)Oc1cc(Br)cc(C(=O)O)c1. The highest BCUT2D eigenvalue weighted by atomic mass is 79.9. The second kappa shape index (κ2) is 4.58. The van der Waals surface area contributed by atoms with Gasteiger partial charge in [-0.2, -0.15) is 0 Å². The summed E-state index contributed by atoms with van der Waals surface area (Å²) in [5, 5.41) is 8.87. The zero-order chi connectivity index (χ0) is 12.3. The van der Waals surface area contributed by atoms with Crippen LogP contribution in [0.1, 0.15) is 24.2 Å². The molecule has 0 fully saturated rings. The maximum absolute atomic E-state index is 10.8. The Kier molecular flexibility index (Phi) is 3.61. The van der Waals surface area contributed by atoms with Crippen LogP contribution in [0.2, 0.25) is 0 Å². The number of halogens is 1. The highest BCUT2D eigenvalue weighted by Crippen LogP contribution is 2.24. The monoisotopic (exact) mass is 282 g/mol. The van der Waals surface area contributed by atoms with Gasteiger partial charge in [0.15, 0.2) is 5.60 Å². The van der Waals surface area contributed by atoms with E-state index in [-0.39, 0.29) is 5.56 Å². The number of terminal acetylenes is 1. The largest absolute Gasteiger partial charge is 0.478 e. The average Bonchev–Trinajstić information content (AvgIpc) is 2.16. The topological polar surface area (TPSA) is 46.5 Å². The summed E-state index contributed by atoms with van der Waals surface area (Å²) < 4.78 is 6.13. The number of benzene rings is 1. The van der Waals surface area contributed by atoms with E-state index in [1.54, 1.807) is 19.9 Å². The third kappa shape index (κ3) is 3.28. The molecule has 1 aromatic rings. The van der Waals surface area contributed by atoms with Gasteiger partial charge in [0.1, 0.15) is 5.75 Å². The zero-order valence-electron chi connectivity index (χ0n) is 8.95. The standard InChI is InChI=1S/C12H11BrO3/c1-4-12(2,3)16-10-6-8(11(14)15)5-9(13)7-10/h1,5-7H,2-3H3,(H,14,15). The van der Waals surface area contributed by atoms with Crippen molar-refractivity contribution in [3.8, 4) is 18.1 Å². The molecule has 0 atom stereocenters. The van der Waals surface area contributed by atoms with Gasteiger partial charge in [0, 0.05) is 4.47 Å². The second-order valence-electron chi connectivity index (χ2n) is 3.74. The Labute approximate surface area is 103 Å². The Morgan fingerprint density at radius 2 is 2.12 bits per heavy atom. The quantitative estimate of drug-likeness (QED) is 0.867. The molecule has 1 rings (SSSR count). The molecule has 0 radical (unpaired) electrons. The number of hydrogen-bond donors (Lipinski definition) is 1. The molecule has 0 spiro atoms. The van der Waals surface area contributed by atoms with Crippen LogP contribution in [0.25, 0.3) is 0 Å². The second-order valence-corrected chi connectivity index (χ2v) is 4.65. The lowest BCUT2D eigenvalue weighted by Gasteiger charge is -2.20. The number of hydrogen-bond acceptors (Lipinski definition) is 2.